The van der Waals surface area contributed by atoms with E-state index in [1.807, 2.05) is 0 Å². The normalized spacial score (nSPS) is 33.6. The highest BCUT2D eigenvalue weighted by molar-refractivity contribution is 5.85. The van der Waals surface area contributed by atoms with E-state index in [4.69, 9.17) is 9.47 Å². The molecule has 0 radical (unpaired) electrons. The van der Waals surface area contributed by atoms with Crippen LogP contribution in [0.2, 0.25) is 0 Å². The van der Waals surface area contributed by atoms with Gasteiger partial charge in [-0.1, -0.05) is 51.1 Å². The number of cyclic esters (lactones) is 1. The predicted molar refractivity (Wildman–Crippen MR) is 119 cm³/mol. The fraction of sp³-hybridized carbons (Fsp3) is 0.654. The lowest BCUT2D eigenvalue weighted by Gasteiger charge is -2.37. The third-order valence-corrected chi connectivity index (χ3v) is 7.70. The first-order chi connectivity index (χ1) is 14.4. The second-order valence-corrected chi connectivity index (χ2v) is 9.95. The van der Waals surface area contributed by atoms with Crippen molar-refractivity contribution in [2.45, 2.75) is 71.8 Å². The standard InChI is InChI=1S/C26H37NO3/c1-17(2)21-11-10-18(3)24(14-21)29-26-23(15-25(28)30-26)22-12-13-27(16-22)19(4)20-8-6-5-7-9-20/h5-9,15,17-19,21-22,24,26H,10-14,16H2,1-4H3/t18?,19-,21?,22-,24?,26-/m0/s1. The number of carbonyl (C=O) groups excluding carboxylic acids is 1. The lowest BCUT2D eigenvalue weighted by atomic mass is 9.76. The van der Waals surface area contributed by atoms with Crippen molar-refractivity contribution in [2.24, 2.45) is 23.7 Å². The average molecular weight is 412 g/mol. The second-order valence-electron chi connectivity index (χ2n) is 9.95. The molecule has 2 fully saturated rings. The van der Waals surface area contributed by atoms with Crippen LogP contribution in [-0.4, -0.2) is 36.4 Å². The van der Waals surface area contributed by atoms with Crippen LogP contribution < -0.4 is 0 Å². The molecule has 0 spiro atoms. The van der Waals surface area contributed by atoms with Crippen LogP contribution in [0.15, 0.2) is 42.0 Å². The summed E-state index contributed by atoms with van der Waals surface area (Å²) in [4.78, 5) is 14.7. The Balaban J connectivity index is 1.41. The van der Waals surface area contributed by atoms with E-state index in [0.29, 0.717) is 29.7 Å². The zero-order valence-corrected chi connectivity index (χ0v) is 18.9. The molecule has 2 heterocycles. The predicted octanol–water partition coefficient (Wildman–Crippen LogP) is 5.36. The van der Waals surface area contributed by atoms with E-state index in [1.54, 1.807) is 6.08 Å². The minimum atomic E-state index is -0.493. The Morgan fingerprint density at radius 3 is 2.60 bits per heavy atom. The van der Waals surface area contributed by atoms with Gasteiger partial charge in [0.15, 0.2) is 0 Å². The van der Waals surface area contributed by atoms with Gasteiger partial charge in [-0.15, -0.1) is 0 Å². The summed E-state index contributed by atoms with van der Waals surface area (Å²) in [5, 5.41) is 0. The molecular formula is C26H37NO3. The summed E-state index contributed by atoms with van der Waals surface area (Å²) in [6, 6.07) is 11.0. The average Bonchev–Trinajstić information content (AvgIpc) is 3.36. The molecule has 1 aliphatic carbocycles. The molecule has 4 heteroatoms. The maximum Gasteiger partial charge on any atom is 0.333 e. The molecule has 164 valence electrons. The fourth-order valence-corrected chi connectivity index (χ4v) is 5.45. The van der Waals surface area contributed by atoms with Crippen LogP contribution in [-0.2, 0) is 14.3 Å². The summed E-state index contributed by atoms with van der Waals surface area (Å²) in [7, 11) is 0. The number of esters is 1. The van der Waals surface area contributed by atoms with Gasteiger partial charge in [0.05, 0.1) is 6.10 Å². The van der Waals surface area contributed by atoms with Gasteiger partial charge >= 0.3 is 5.97 Å². The van der Waals surface area contributed by atoms with Crippen molar-refractivity contribution in [1.82, 2.24) is 4.90 Å². The van der Waals surface area contributed by atoms with Crippen molar-refractivity contribution in [3.8, 4) is 0 Å². The summed E-state index contributed by atoms with van der Waals surface area (Å²) >= 11 is 0. The Hall–Kier alpha value is -1.65. The molecule has 6 atom stereocenters. The van der Waals surface area contributed by atoms with E-state index < -0.39 is 6.29 Å². The fourth-order valence-electron chi connectivity index (χ4n) is 5.45. The van der Waals surface area contributed by atoms with Crippen LogP contribution in [0.4, 0.5) is 0 Å². The zero-order valence-electron chi connectivity index (χ0n) is 18.9. The number of ether oxygens (including phenoxy) is 2. The van der Waals surface area contributed by atoms with E-state index in [1.165, 1.54) is 18.4 Å². The van der Waals surface area contributed by atoms with Crippen LogP contribution in [0.5, 0.6) is 0 Å². The summed E-state index contributed by atoms with van der Waals surface area (Å²) in [5.41, 5.74) is 2.40. The van der Waals surface area contributed by atoms with Gasteiger partial charge in [-0.2, -0.15) is 0 Å². The Morgan fingerprint density at radius 2 is 1.87 bits per heavy atom. The van der Waals surface area contributed by atoms with Gasteiger partial charge in [0.1, 0.15) is 0 Å². The van der Waals surface area contributed by atoms with Crippen LogP contribution >= 0.6 is 0 Å². The number of nitrogens with zero attached hydrogens (tertiary/aromatic N) is 1. The smallest absolute Gasteiger partial charge is 0.333 e. The molecule has 30 heavy (non-hydrogen) atoms. The SMILES string of the molecule is CC(C)C1CCC(C)C(O[C@H]2OC(=O)C=C2[C@H]2CCN([C@@H](C)c3ccccc3)C2)C1. The minimum absolute atomic E-state index is 0.172. The molecule has 1 aromatic carbocycles. The van der Waals surface area contributed by atoms with Crippen molar-refractivity contribution in [3.05, 3.63) is 47.5 Å². The van der Waals surface area contributed by atoms with E-state index in [9.17, 15) is 4.79 Å². The maximum absolute atomic E-state index is 12.2. The lowest BCUT2D eigenvalue weighted by molar-refractivity contribution is -0.180. The minimum Gasteiger partial charge on any atom is -0.428 e. The molecule has 2 aliphatic heterocycles. The Labute approximate surface area is 181 Å². The molecule has 3 aliphatic rings. The van der Waals surface area contributed by atoms with Gasteiger partial charge < -0.3 is 9.47 Å². The molecule has 0 bridgehead atoms. The van der Waals surface area contributed by atoms with Crippen molar-refractivity contribution in [2.75, 3.05) is 13.1 Å². The zero-order chi connectivity index (χ0) is 21.3. The van der Waals surface area contributed by atoms with Crippen LogP contribution in [0, 0.1) is 23.7 Å². The van der Waals surface area contributed by atoms with Gasteiger partial charge in [-0.3, -0.25) is 4.90 Å². The summed E-state index contributed by atoms with van der Waals surface area (Å²) in [6.45, 7) is 11.1. The van der Waals surface area contributed by atoms with Gasteiger partial charge in [0, 0.05) is 30.2 Å². The molecular weight excluding hydrogens is 374 g/mol. The van der Waals surface area contributed by atoms with Crippen molar-refractivity contribution >= 4 is 5.97 Å². The molecule has 1 saturated heterocycles. The summed E-state index contributed by atoms with van der Waals surface area (Å²) < 4.78 is 12.1. The first-order valence-corrected chi connectivity index (χ1v) is 11.8. The van der Waals surface area contributed by atoms with Crippen molar-refractivity contribution in [1.29, 1.82) is 0 Å². The largest absolute Gasteiger partial charge is 0.428 e. The number of hydrogen-bond donors (Lipinski definition) is 0. The topological polar surface area (TPSA) is 38.8 Å². The third-order valence-electron chi connectivity index (χ3n) is 7.70. The van der Waals surface area contributed by atoms with Crippen LogP contribution in [0.1, 0.15) is 65.0 Å². The highest BCUT2D eigenvalue weighted by atomic mass is 16.7. The third kappa shape index (κ3) is 4.65. The number of hydrogen-bond acceptors (Lipinski definition) is 4. The first-order valence-electron chi connectivity index (χ1n) is 11.8. The first kappa shape index (κ1) is 21.6. The highest BCUT2D eigenvalue weighted by Gasteiger charge is 2.40. The van der Waals surface area contributed by atoms with Gasteiger partial charge in [0.25, 0.3) is 0 Å². The van der Waals surface area contributed by atoms with Gasteiger partial charge in [-0.05, 0) is 62.5 Å². The highest BCUT2D eigenvalue weighted by Crippen LogP contribution is 2.39. The summed E-state index contributed by atoms with van der Waals surface area (Å²) in [5.74, 6) is 1.97. The van der Waals surface area contributed by atoms with Crippen LogP contribution in [0.3, 0.4) is 0 Å². The maximum atomic E-state index is 12.2. The van der Waals surface area contributed by atoms with Gasteiger partial charge in [-0.25, -0.2) is 4.79 Å². The molecule has 4 nitrogen and oxygen atoms in total. The molecule has 0 aromatic heterocycles. The molecule has 1 saturated carbocycles. The van der Waals surface area contributed by atoms with E-state index in [0.717, 1.165) is 31.5 Å². The van der Waals surface area contributed by atoms with Crippen LogP contribution in [0.25, 0.3) is 0 Å². The number of benzene rings is 1. The molecule has 0 amide bonds. The van der Waals surface area contributed by atoms with E-state index in [-0.39, 0.29) is 12.1 Å². The lowest BCUT2D eigenvalue weighted by Crippen LogP contribution is -2.37. The number of carbonyl (C=O) groups is 1. The quantitative estimate of drug-likeness (QED) is 0.591. The monoisotopic (exact) mass is 411 g/mol. The molecule has 3 unspecified atom stereocenters. The second kappa shape index (κ2) is 9.23. The summed E-state index contributed by atoms with van der Waals surface area (Å²) in [6.07, 6.45) is 5.98. The van der Waals surface area contributed by atoms with Gasteiger partial charge in [0.2, 0.25) is 6.29 Å². The molecule has 4 rings (SSSR count). The number of rotatable bonds is 6. The Kier molecular flexibility index (Phi) is 6.64. The number of likely N-dealkylation sites (tertiary alicyclic amines) is 1. The Morgan fingerprint density at radius 1 is 1.10 bits per heavy atom. The Bertz CT molecular complexity index is 759. The van der Waals surface area contributed by atoms with Crippen molar-refractivity contribution in [3.63, 3.8) is 0 Å². The van der Waals surface area contributed by atoms with E-state index in [2.05, 4.69) is 62.9 Å². The molecule has 0 N–H and O–H groups in total. The van der Waals surface area contributed by atoms with Crippen molar-refractivity contribution < 1.29 is 14.3 Å². The molecule has 1 aromatic rings. The van der Waals surface area contributed by atoms with E-state index >= 15 is 0 Å².